The summed E-state index contributed by atoms with van der Waals surface area (Å²) < 4.78 is 7.82. The van der Waals surface area contributed by atoms with E-state index in [2.05, 4.69) is 36.5 Å². The fraction of sp³-hybridized carbons (Fsp3) is 0.185. The number of rotatable bonds is 5. The molecular formula is C27H27ClN4O2. The number of urea groups is 1. The fourth-order valence-electron chi connectivity index (χ4n) is 3.45. The van der Waals surface area contributed by atoms with E-state index in [0.29, 0.717) is 33.7 Å². The third-order valence-electron chi connectivity index (χ3n) is 5.24. The monoisotopic (exact) mass is 474 g/mol. The normalized spacial score (nSPS) is 11.2. The number of nitrogens with zero attached hydrogens (tertiary/aromatic N) is 2. The molecule has 0 spiro atoms. The molecule has 0 bridgehead atoms. The Balaban J connectivity index is 1.52. The number of amides is 2. The molecule has 34 heavy (non-hydrogen) atoms. The van der Waals surface area contributed by atoms with Gasteiger partial charge in [0.25, 0.3) is 0 Å². The van der Waals surface area contributed by atoms with Crippen molar-refractivity contribution in [3.8, 4) is 17.3 Å². The molecule has 2 amide bonds. The number of carbonyl (C=O) groups excluding carboxylic acids is 1. The lowest BCUT2D eigenvalue weighted by Gasteiger charge is -2.19. The number of hydrogen-bond donors (Lipinski definition) is 2. The summed E-state index contributed by atoms with van der Waals surface area (Å²) in [7, 11) is 0. The first-order valence-electron chi connectivity index (χ1n) is 11.0. The number of anilines is 2. The van der Waals surface area contributed by atoms with Crippen molar-refractivity contribution in [2.45, 2.75) is 33.1 Å². The first-order chi connectivity index (χ1) is 16.2. The molecule has 1 aromatic heterocycles. The second kappa shape index (κ2) is 9.61. The van der Waals surface area contributed by atoms with E-state index in [4.69, 9.17) is 16.3 Å². The molecule has 0 saturated carbocycles. The first-order valence-corrected chi connectivity index (χ1v) is 11.4. The summed E-state index contributed by atoms with van der Waals surface area (Å²) in [5, 5.41) is 10.8. The standard InChI is InChI=1S/C27H27ClN4O2/c1-18-17-25(32(31-18)23-11-7-5-9-21(23)28)34-24-12-8-6-10-22(24)30-26(33)29-20-15-13-19(14-16-20)27(2,3)4/h5-17H,1-4H3,(H2,29,30,33). The summed E-state index contributed by atoms with van der Waals surface area (Å²) in [6.45, 7) is 8.33. The second-order valence-electron chi connectivity index (χ2n) is 8.99. The Morgan fingerprint density at radius 2 is 1.62 bits per heavy atom. The van der Waals surface area contributed by atoms with Gasteiger partial charge < -0.3 is 15.4 Å². The van der Waals surface area contributed by atoms with Crippen LogP contribution in [0.4, 0.5) is 16.2 Å². The minimum absolute atomic E-state index is 0.0475. The van der Waals surface area contributed by atoms with Crippen LogP contribution in [-0.4, -0.2) is 15.8 Å². The Labute approximate surface area is 204 Å². The Kier molecular flexibility index (Phi) is 6.61. The van der Waals surface area contributed by atoms with Gasteiger partial charge in [0.15, 0.2) is 5.75 Å². The van der Waals surface area contributed by atoms with Crippen LogP contribution in [0, 0.1) is 6.92 Å². The molecule has 3 aromatic carbocycles. The maximum absolute atomic E-state index is 12.7. The van der Waals surface area contributed by atoms with Crippen molar-refractivity contribution < 1.29 is 9.53 Å². The summed E-state index contributed by atoms with van der Waals surface area (Å²) in [6.07, 6.45) is 0. The van der Waals surface area contributed by atoms with Crippen molar-refractivity contribution in [3.63, 3.8) is 0 Å². The molecule has 4 aromatic rings. The minimum atomic E-state index is -0.365. The van der Waals surface area contributed by atoms with Crippen molar-refractivity contribution in [2.75, 3.05) is 10.6 Å². The van der Waals surface area contributed by atoms with Crippen LogP contribution in [0.5, 0.6) is 11.6 Å². The Morgan fingerprint density at radius 1 is 0.941 bits per heavy atom. The molecule has 174 valence electrons. The van der Waals surface area contributed by atoms with Crippen molar-refractivity contribution >= 4 is 29.0 Å². The Bertz CT molecular complexity index is 1310. The van der Waals surface area contributed by atoms with E-state index in [1.165, 1.54) is 5.56 Å². The van der Waals surface area contributed by atoms with Crippen LogP contribution < -0.4 is 15.4 Å². The molecule has 0 aliphatic carbocycles. The molecule has 0 unspecified atom stereocenters. The molecule has 0 aliphatic heterocycles. The van der Waals surface area contributed by atoms with Gasteiger partial charge in [0.2, 0.25) is 5.88 Å². The zero-order valence-corrected chi connectivity index (χ0v) is 20.4. The van der Waals surface area contributed by atoms with Crippen molar-refractivity contribution in [2.24, 2.45) is 0 Å². The Hall–Kier alpha value is -3.77. The van der Waals surface area contributed by atoms with Gasteiger partial charge in [0.1, 0.15) is 0 Å². The van der Waals surface area contributed by atoms with Gasteiger partial charge in [-0.2, -0.15) is 9.78 Å². The van der Waals surface area contributed by atoms with Gasteiger partial charge >= 0.3 is 6.03 Å². The van der Waals surface area contributed by atoms with Gasteiger partial charge in [-0.1, -0.05) is 68.8 Å². The van der Waals surface area contributed by atoms with Gasteiger partial charge in [-0.25, -0.2) is 4.79 Å². The molecule has 7 heteroatoms. The predicted octanol–water partition coefficient (Wildman–Crippen LogP) is 7.57. The summed E-state index contributed by atoms with van der Waals surface area (Å²) in [5.74, 6) is 0.965. The van der Waals surface area contributed by atoms with Crippen LogP contribution >= 0.6 is 11.6 Å². The highest BCUT2D eigenvalue weighted by Gasteiger charge is 2.16. The maximum Gasteiger partial charge on any atom is 0.323 e. The van der Waals surface area contributed by atoms with E-state index in [9.17, 15) is 4.79 Å². The maximum atomic E-state index is 12.7. The summed E-state index contributed by atoms with van der Waals surface area (Å²) in [4.78, 5) is 12.7. The number of aryl methyl sites for hydroxylation is 1. The van der Waals surface area contributed by atoms with E-state index < -0.39 is 0 Å². The quantitative estimate of drug-likeness (QED) is 0.313. The number of benzene rings is 3. The number of halogens is 1. The predicted molar refractivity (Wildman–Crippen MR) is 138 cm³/mol. The van der Waals surface area contributed by atoms with Gasteiger partial charge in [0, 0.05) is 11.8 Å². The van der Waals surface area contributed by atoms with E-state index in [1.54, 1.807) is 22.9 Å². The van der Waals surface area contributed by atoms with Gasteiger partial charge in [-0.15, -0.1) is 0 Å². The zero-order chi connectivity index (χ0) is 24.3. The first kappa shape index (κ1) is 23.4. The molecule has 0 atom stereocenters. The molecule has 0 fully saturated rings. The number of para-hydroxylation sites is 3. The average molecular weight is 475 g/mol. The average Bonchev–Trinajstić information content (AvgIpc) is 3.15. The number of hydrogen-bond acceptors (Lipinski definition) is 3. The van der Waals surface area contributed by atoms with Gasteiger partial charge in [-0.3, -0.25) is 0 Å². The highest BCUT2D eigenvalue weighted by atomic mass is 35.5. The molecular weight excluding hydrogens is 448 g/mol. The van der Waals surface area contributed by atoms with Crippen LogP contribution in [0.1, 0.15) is 32.0 Å². The molecule has 0 aliphatic rings. The number of ether oxygens (including phenoxy) is 1. The number of nitrogens with one attached hydrogen (secondary N) is 2. The van der Waals surface area contributed by atoms with Gasteiger partial charge in [0.05, 0.1) is 22.1 Å². The number of aromatic nitrogens is 2. The van der Waals surface area contributed by atoms with Crippen molar-refractivity contribution in [1.82, 2.24) is 9.78 Å². The largest absolute Gasteiger partial charge is 0.437 e. The molecule has 6 nitrogen and oxygen atoms in total. The molecule has 4 rings (SSSR count). The lowest BCUT2D eigenvalue weighted by Crippen LogP contribution is -2.20. The van der Waals surface area contributed by atoms with E-state index >= 15 is 0 Å². The van der Waals surface area contributed by atoms with Crippen molar-refractivity contribution in [1.29, 1.82) is 0 Å². The highest BCUT2D eigenvalue weighted by Crippen LogP contribution is 2.33. The Morgan fingerprint density at radius 3 is 2.32 bits per heavy atom. The lowest BCUT2D eigenvalue weighted by atomic mass is 9.87. The molecule has 0 saturated heterocycles. The van der Waals surface area contributed by atoms with E-state index in [0.717, 1.165) is 5.69 Å². The smallest absolute Gasteiger partial charge is 0.323 e. The van der Waals surface area contributed by atoms with E-state index in [1.807, 2.05) is 67.6 Å². The van der Waals surface area contributed by atoms with Crippen LogP contribution in [0.3, 0.4) is 0 Å². The van der Waals surface area contributed by atoms with Crippen LogP contribution in [0.15, 0.2) is 78.9 Å². The topological polar surface area (TPSA) is 68.2 Å². The molecule has 1 heterocycles. The van der Waals surface area contributed by atoms with Crippen LogP contribution in [0.25, 0.3) is 5.69 Å². The van der Waals surface area contributed by atoms with Gasteiger partial charge in [-0.05, 0) is 54.3 Å². The second-order valence-corrected chi connectivity index (χ2v) is 9.40. The number of carbonyl (C=O) groups is 1. The summed E-state index contributed by atoms with van der Waals surface area (Å²) in [6, 6.07) is 23.9. The highest BCUT2D eigenvalue weighted by molar-refractivity contribution is 6.32. The van der Waals surface area contributed by atoms with Crippen molar-refractivity contribution in [3.05, 3.63) is 95.1 Å². The molecule has 0 radical (unpaired) electrons. The summed E-state index contributed by atoms with van der Waals surface area (Å²) in [5.41, 5.74) is 3.95. The third-order valence-corrected chi connectivity index (χ3v) is 5.56. The molecule has 2 N–H and O–H groups in total. The minimum Gasteiger partial charge on any atom is -0.437 e. The summed E-state index contributed by atoms with van der Waals surface area (Å²) >= 11 is 6.37. The van der Waals surface area contributed by atoms with Crippen LogP contribution in [0.2, 0.25) is 5.02 Å². The van der Waals surface area contributed by atoms with Crippen LogP contribution in [-0.2, 0) is 5.41 Å². The zero-order valence-electron chi connectivity index (χ0n) is 19.6. The SMILES string of the molecule is Cc1cc(Oc2ccccc2NC(=O)Nc2ccc(C(C)(C)C)cc2)n(-c2ccccc2Cl)n1. The van der Waals surface area contributed by atoms with E-state index in [-0.39, 0.29) is 11.4 Å². The third kappa shape index (κ3) is 5.41. The fourth-order valence-corrected chi connectivity index (χ4v) is 3.67. The lowest BCUT2D eigenvalue weighted by molar-refractivity contribution is 0.262.